The van der Waals surface area contributed by atoms with Crippen LogP contribution in [0, 0.1) is 0 Å². The molecule has 2 aromatic rings. The molecule has 2 aromatic heterocycles. The summed E-state index contributed by atoms with van der Waals surface area (Å²) in [6.45, 7) is 0. The Labute approximate surface area is 61.3 Å². The molecule has 0 bridgehead atoms. The fraction of sp³-hybridized carbons (Fsp3) is 0. The summed E-state index contributed by atoms with van der Waals surface area (Å²) in [7, 11) is 0. The molecule has 2 rings (SSSR count). The van der Waals surface area contributed by atoms with E-state index in [1.807, 2.05) is 0 Å². The molecule has 7 heteroatoms. The number of H-pyrrole nitrogens is 1. The van der Waals surface area contributed by atoms with Crippen molar-refractivity contribution in [1.29, 1.82) is 0 Å². The second kappa shape index (κ2) is 1.86. The lowest BCUT2D eigenvalue weighted by Crippen LogP contribution is -2.12. The lowest BCUT2D eigenvalue weighted by atomic mass is 10.5. The second-order valence-corrected chi connectivity index (χ2v) is 2.07. The van der Waals surface area contributed by atoms with Gasteiger partial charge in [0.15, 0.2) is 5.82 Å². The first-order chi connectivity index (χ1) is 5.33. The molecular formula is C4H7N7. The SMILES string of the molecule is NNc1nn(N)c2cn[nH]c12. The molecule has 0 aromatic carbocycles. The molecule has 0 unspecified atom stereocenters. The predicted octanol–water partition coefficient (Wildman–Crippen LogP) is -1.24. The van der Waals surface area contributed by atoms with E-state index in [0.717, 1.165) is 0 Å². The number of rotatable bonds is 1. The largest absolute Gasteiger partial charge is 0.322 e. The first-order valence-corrected chi connectivity index (χ1v) is 2.96. The Morgan fingerprint density at radius 2 is 2.45 bits per heavy atom. The fourth-order valence-corrected chi connectivity index (χ4v) is 0.940. The van der Waals surface area contributed by atoms with Gasteiger partial charge in [0.05, 0.1) is 6.20 Å². The van der Waals surface area contributed by atoms with Crippen molar-refractivity contribution in [2.75, 3.05) is 11.3 Å². The molecule has 0 saturated carbocycles. The van der Waals surface area contributed by atoms with Crippen molar-refractivity contribution in [1.82, 2.24) is 20.1 Å². The maximum atomic E-state index is 5.45. The van der Waals surface area contributed by atoms with E-state index >= 15 is 0 Å². The van der Waals surface area contributed by atoms with E-state index in [-0.39, 0.29) is 0 Å². The molecule has 0 amide bonds. The first kappa shape index (κ1) is 5.98. The minimum absolute atomic E-state index is 0.486. The number of anilines is 1. The van der Waals surface area contributed by atoms with Gasteiger partial charge in [-0.05, 0) is 0 Å². The molecule has 0 spiro atoms. The van der Waals surface area contributed by atoms with Crippen molar-refractivity contribution < 1.29 is 0 Å². The van der Waals surface area contributed by atoms with Gasteiger partial charge in [0, 0.05) is 0 Å². The minimum atomic E-state index is 0.486. The van der Waals surface area contributed by atoms with E-state index < -0.39 is 0 Å². The van der Waals surface area contributed by atoms with Crippen LogP contribution in [-0.2, 0) is 0 Å². The van der Waals surface area contributed by atoms with Gasteiger partial charge < -0.3 is 11.3 Å². The number of fused-ring (bicyclic) bond motifs is 1. The van der Waals surface area contributed by atoms with Crippen LogP contribution >= 0.6 is 0 Å². The molecule has 0 aliphatic carbocycles. The number of nitrogens with zero attached hydrogens (tertiary/aromatic N) is 3. The molecule has 0 fully saturated rings. The smallest absolute Gasteiger partial charge is 0.190 e. The number of nitrogens with two attached hydrogens (primary N) is 2. The summed E-state index contributed by atoms with van der Waals surface area (Å²) in [5.41, 5.74) is 3.80. The van der Waals surface area contributed by atoms with Gasteiger partial charge in [0.25, 0.3) is 0 Å². The summed E-state index contributed by atoms with van der Waals surface area (Å²) in [5.74, 6) is 11.1. The quantitative estimate of drug-likeness (QED) is 0.302. The van der Waals surface area contributed by atoms with E-state index in [2.05, 4.69) is 20.7 Å². The molecule has 0 atom stereocenters. The third-order valence-electron chi connectivity index (χ3n) is 1.45. The normalized spacial score (nSPS) is 10.6. The van der Waals surface area contributed by atoms with Gasteiger partial charge in [-0.1, -0.05) is 0 Å². The van der Waals surface area contributed by atoms with E-state index in [9.17, 15) is 0 Å². The average molecular weight is 153 g/mol. The van der Waals surface area contributed by atoms with Crippen LogP contribution in [0.4, 0.5) is 5.82 Å². The maximum absolute atomic E-state index is 5.45. The van der Waals surface area contributed by atoms with Crippen molar-refractivity contribution >= 4 is 16.9 Å². The van der Waals surface area contributed by atoms with Crippen LogP contribution < -0.4 is 17.1 Å². The van der Waals surface area contributed by atoms with Crippen LogP contribution in [0.1, 0.15) is 0 Å². The van der Waals surface area contributed by atoms with Crippen LogP contribution in [0.25, 0.3) is 11.0 Å². The van der Waals surface area contributed by atoms with Gasteiger partial charge >= 0.3 is 0 Å². The molecule has 11 heavy (non-hydrogen) atoms. The maximum Gasteiger partial charge on any atom is 0.190 e. The van der Waals surface area contributed by atoms with Gasteiger partial charge in [0.1, 0.15) is 11.0 Å². The molecule has 0 aliphatic heterocycles. The summed E-state index contributed by atoms with van der Waals surface area (Å²) < 4.78 is 0. The third-order valence-corrected chi connectivity index (χ3v) is 1.45. The number of hydrazine groups is 1. The Morgan fingerprint density at radius 1 is 1.64 bits per heavy atom. The summed E-state index contributed by atoms with van der Waals surface area (Å²) in [6.07, 6.45) is 1.57. The van der Waals surface area contributed by atoms with Crippen molar-refractivity contribution in [3.63, 3.8) is 0 Å². The monoisotopic (exact) mass is 153 g/mol. The van der Waals surface area contributed by atoms with Crippen molar-refractivity contribution in [3.8, 4) is 0 Å². The number of hydrogen-bond donors (Lipinski definition) is 4. The zero-order chi connectivity index (χ0) is 7.84. The summed E-state index contributed by atoms with van der Waals surface area (Å²) in [5, 5.41) is 10.3. The molecule has 58 valence electrons. The second-order valence-electron chi connectivity index (χ2n) is 2.07. The zero-order valence-electron chi connectivity index (χ0n) is 5.57. The van der Waals surface area contributed by atoms with Gasteiger partial charge in [-0.15, -0.1) is 5.10 Å². The Balaban J connectivity index is 2.80. The number of hydrogen-bond acceptors (Lipinski definition) is 5. The zero-order valence-corrected chi connectivity index (χ0v) is 5.57. The Morgan fingerprint density at radius 3 is 3.18 bits per heavy atom. The highest BCUT2D eigenvalue weighted by Gasteiger charge is 2.08. The standard InChI is InChI=1S/C4H7N7/c5-8-4-3-2(1-7-9-3)11(6)10-4/h1H,5-6H2,(H,7,9)(H,8,10). The van der Waals surface area contributed by atoms with Crippen molar-refractivity contribution in [3.05, 3.63) is 6.20 Å². The number of nitrogen functional groups attached to an aromatic ring is 2. The summed E-state index contributed by atoms with van der Waals surface area (Å²) in [6, 6.07) is 0. The van der Waals surface area contributed by atoms with Crippen LogP contribution in [0.15, 0.2) is 6.20 Å². The highest BCUT2D eigenvalue weighted by Crippen LogP contribution is 2.16. The van der Waals surface area contributed by atoms with E-state index in [1.165, 1.54) is 4.79 Å². The van der Waals surface area contributed by atoms with E-state index in [1.54, 1.807) is 6.20 Å². The predicted molar refractivity (Wildman–Crippen MR) is 39.8 cm³/mol. The Hall–Kier alpha value is -1.76. The van der Waals surface area contributed by atoms with Crippen molar-refractivity contribution in [2.45, 2.75) is 0 Å². The average Bonchev–Trinajstić information content (AvgIpc) is 2.54. The van der Waals surface area contributed by atoms with Gasteiger partial charge in [-0.2, -0.15) is 9.89 Å². The minimum Gasteiger partial charge on any atom is -0.322 e. The van der Waals surface area contributed by atoms with Crippen LogP contribution in [0.3, 0.4) is 0 Å². The first-order valence-electron chi connectivity index (χ1n) is 2.96. The summed E-state index contributed by atoms with van der Waals surface area (Å²) >= 11 is 0. The lowest BCUT2D eigenvalue weighted by molar-refractivity contribution is 0.860. The lowest BCUT2D eigenvalue weighted by Gasteiger charge is -1.89. The molecule has 0 radical (unpaired) electrons. The number of nitrogens with one attached hydrogen (secondary N) is 2. The van der Waals surface area contributed by atoms with Crippen LogP contribution in [0.2, 0.25) is 0 Å². The van der Waals surface area contributed by atoms with Gasteiger partial charge in [0.2, 0.25) is 0 Å². The molecule has 2 heterocycles. The topological polar surface area (TPSA) is 111 Å². The number of aromatic amines is 1. The van der Waals surface area contributed by atoms with Gasteiger partial charge in [-0.25, -0.2) is 5.84 Å². The number of aromatic nitrogens is 4. The fourth-order valence-electron chi connectivity index (χ4n) is 0.940. The van der Waals surface area contributed by atoms with Crippen LogP contribution in [-0.4, -0.2) is 20.1 Å². The van der Waals surface area contributed by atoms with Crippen LogP contribution in [0.5, 0.6) is 0 Å². The van der Waals surface area contributed by atoms with Crippen molar-refractivity contribution in [2.24, 2.45) is 5.84 Å². The molecule has 0 saturated heterocycles. The molecule has 6 N–H and O–H groups in total. The highest BCUT2D eigenvalue weighted by molar-refractivity contribution is 5.85. The molecular weight excluding hydrogens is 146 g/mol. The highest BCUT2D eigenvalue weighted by atomic mass is 15.5. The molecule has 0 aliphatic rings. The Kier molecular flexibility index (Phi) is 1.01. The Bertz CT molecular complexity index is 371. The third kappa shape index (κ3) is 0.649. The van der Waals surface area contributed by atoms with Gasteiger partial charge in [-0.3, -0.25) is 5.10 Å². The molecule has 7 nitrogen and oxygen atoms in total. The van der Waals surface area contributed by atoms with E-state index in [4.69, 9.17) is 11.7 Å². The summed E-state index contributed by atoms with van der Waals surface area (Å²) in [4.78, 5) is 1.20. The van der Waals surface area contributed by atoms with E-state index in [0.29, 0.717) is 16.9 Å².